The minimum atomic E-state index is -1.46. The molecule has 0 aliphatic rings. The molecular weight excluding hydrogens is 382 g/mol. The molecule has 0 saturated heterocycles. The molecule has 2 amide bonds. The number of aliphatic carboxylic acids is 3. The Morgan fingerprint density at radius 1 is 0.963 bits per heavy atom. The first-order valence-electron chi connectivity index (χ1n) is 7.75. The van der Waals surface area contributed by atoms with E-state index in [1.54, 1.807) is 12.1 Å². The number of amides is 2. The minimum Gasteiger partial charge on any atom is -0.481 e. The quantitative estimate of drug-likeness (QED) is 0.370. The van der Waals surface area contributed by atoms with Crippen molar-refractivity contribution in [3.05, 3.63) is 35.6 Å². The number of hydrogen-bond donors (Lipinski definition) is 5. The van der Waals surface area contributed by atoms with Crippen LogP contribution in [0.5, 0.6) is 0 Å². The van der Waals surface area contributed by atoms with Crippen LogP contribution < -0.4 is 10.6 Å². The van der Waals surface area contributed by atoms with Crippen molar-refractivity contribution < 1.29 is 38.9 Å². The fourth-order valence-corrected chi connectivity index (χ4v) is 2.94. The second kappa shape index (κ2) is 11.0. The Labute approximate surface area is 157 Å². The Bertz CT molecular complexity index is 684. The van der Waals surface area contributed by atoms with Crippen molar-refractivity contribution >= 4 is 35.7 Å². The van der Waals surface area contributed by atoms with E-state index in [1.165, 1.54) is 23.9 Å². The number of carbonyl (C=O) groups excluding carboxylic acids is 1. The van der Waals surface area contributed by atoms with E-state index in [2.05, 4.69) is 5.32 Å². The van der Waals surface area contributed by atoms with Crippen molar-refractivity contribution in [3.8, 4) is 0 Å². The summed E-state index contributed by atoms with van der Waals surface area (Å²) in [6, 6.07) is 1.89. The van der Waals surface area contributed by atoms with Gasteiger partial charge in [0.2, 0.25) is 0 Å². The third kappa shape index (κ3) is 8.90. The first kappa shape index (κ1) is 22.2. The maximum atomic E-state index is 12.8. The number of thioether (sulfide) groups is 1. The number of carbonyl (C=O) groups is 4. The lowest BCUT2D eigenvalue weighted by atomic mass is 10.1. The Morgan fingerprint density at radius 3 is 2.04 bits per heavy atom. The maximum absolute atomic E-state index is 12.8. The Kier molecular flexibility index (Phi) is 9.06. The lowest BCUT2D eigenvalue weighted by Gasteiger charge is -2.18. The van der Waals surface area contributed by atoms with Crippen LogP contribution in [0.15, 0.2) is 24.3 Å². The molecule has 5 N–H and O–H groups in total. The highest BCUT2D eigenvalue weighted by atomic mass is 32.2. The fraction of sp³-hybridized carbons (Fsp3) is 0.375. The Balaban J connectivity index is 2.52. The highest BCUT2D eigenvalue weighted by Gasteiger charge is 2.24. The molecule has 0 radical (unpaired) electrons. The summed E-state index contributed by atoms with van der Waals surface area (Å²) in [6.07, 6.45) is -0.803. The zero-order valence-electron chi connectivity index (χ0n) is 14.1. The zero-order chi connectivity index (χ0) is 20.4. The van der Waals surface area contributed by atoms with E-state index in [0.717, 1.165) is 5.56 Å². The van der Waals surface area contributed by atoms with Crippen molar-refractivity contribution in [1.82, 2.24) is 10.6 Å². The van der Waals surface area contributed by atoms with Gasteiger partial charge in [-0.15, -0.1) is 0 Å². The number of rotatable bonds is 11. The molecule has 0 aliphatic heterocycles. The Morgan fingerprint density at radius 2 is 1.52 bits per heavy atom. The van der Waals surface area contributed by atoms with Gasteiger partial charge in [0.15, 0.2) is 0 Å². The van der Waals surface area contributed by atoms with Crippen LogP contribution in [0.1, 0.15) is 18.4 Å². The molecule has 9 nitrogen and oxygen atoms in total. The molecule has 1 aromatic carbocycles. The molecule has 1 rings (SSSR count). The smallest absolute Gasteiger partial charge is 0.327 e. The van der Waals surface area contributed by atoms with Crippen LogP contribution in [0.25, 0.3) is 0 Å². The van der Waals surface area contributed by atoms with Crippen molar-refractivity contribution in [1.29, 1.82) is 0 Å². The van der Waals surface area contributed by atoms with Crippen molar-refractivity contribution in [2.75, 3.05) is 5.75 Å². The van der Waals surface area contributed by atoms with Gasteiger partial charge in [0.25, 0.3) is 0 Å². The second-order valence-electron chi connectivity index (χ2n) is 5.47. The molecule has 0 heterocycles. The van der Waals surface area contributed by atoms with Gasteiger partial charge in [0.1, 0.15) is 17.9 Å². The lowest BCUT2D eigenvalue weighted by molar-refractivity contribution is -0.140. The van der Waals surface area contributed by atoms with Gasteiger partial charge in [-0.2, -0.15) is 11.8 Å². The average Bonchev–Trinajstić information content (AvgIpc) is 2.58. The van der Waals surface area contributed by atoms with Crippen LogP contribution >= 0.6 is 11.8 Å². The van der Waals surface area contributed by atoms with E-state index >= 15 is 0 Å². The van der Waals surface area contributed by atoms with E-state index < -0.39 is 42.4 Å². The molecule has 2 atom stereocenters. The van der Waals surface area contributed by atoms with E-state index in [-0.39, 0.29) is 18.0 Å². The van der Waals surface area contributed by atoms with Crippen molar-refractivity contribution in [2.24, 2.45) is 0 Å². The molecule has 0 saturated carbocycles. The standard InChI is InChI=1S/C16H19FN2O7S/c17-10-3-1-9(2-4-10)7-27-8-12(15(24)25)19-16(26)18-11(14(22)23)5-6-13(20)21/h1-4,11-12H,5-8H2,(H,20,21)(H,22,23)(H,24,25)(H2,18,19,26)/t11-,12-/m0/s1/i17-1. The third-order valence-electron chi connectivity index (χ3n) is 3.32. The predicted octanol–water partition coefficient (Wildman–Crippen LogP) is 1.13. The summed E-state index contributed by atoms with van der Waals surface area (Å²) in [5.74, 6) is -3.96. The van der Waals surface area contributed by atoms with Gasteiger partial charge in [-0.3, -0.25) is 4.79 Å². The van der Waals surface area contributed by atoms with Crippen LogP contribution in [0.4, 0.5) is 9.18 Å². The number of nitrogens with one attached hydrogen (secondary N) is 2. The van der Waals surface area contributed by atoms with Crippen LogP contribution in [-0.4, -0.2) is 57.1 Å². The number of carboxylic acid groups (broad SMARTS) is 3. The van der Waals surface area contributed by atoms with Gasteiger partial charge in [0.05, 0.1) is 0 Å². The van der Waals surface area contributed by atoms with Gasteiger partial charge in [-0.25, -0.2) is 18.8 Å². The van der Waals surface area contributed by atoms with Crippen LogP contribution in [0, 0.1) is 5.82 Å². The Hall–Kier alpha value is -2.82. The third-order valence-corrected chi connectivity index (χ3v) is 4.43. The fourth-order valence-electron chi connectivity index (χ4n) is 1.93. The highest BCUT2D eigenvalue weighted by Crippen LogP contribution is 2.14. The molecule has 0 unspecified atom stereocenters. The predicted molar refractivity (Wildman–Crippen MR) is 93.9 cm³/mol. The lowest BCUT2D eigenvalue weighted by Crippen LogP contribution is -2.52. The summed E-state index contributed by atoms with van der Waals surface area (Å²) in [6.45, 7) is 0. The van der Waals surface area contributed by atoms with Crippen LogP contribution in [-0.2, 0) is 20.1 Å². The topological polar surface area (TPSA) is 153 Å². The van der Waals surface area contributed by atoms with Crippen molar-refractivity contribution in [2.45, 2.75) is 30.7 Å². The minimum absolute atomic E-state index is 0.00695. The number of hydrogen-bond acceptors (Lipinski definition) is 5. The summed E-state index contributed by atoms with van der Waals surface area (Å²) < 4.78 is 12.8. The molecule has 27 heavy (non-hydrogen) atoms. The van der Waals surface area contributed by atoms with E-state index in [1.807, 2.05) is 5.32 Å². The first-order valence-corrected chi connectivity index (χ1v) is 8.91. The summed E-state index contributed by atoms with van der Waals surface area (Å²) >= 11 is 1.19. The second-order valence-corrected chi connectivity index (χ2v) is 6.50. The molecular formula is C16H19FN2O7S. The van der Waals surface area contributed by atoms with E-state index in [4.69, 9.17) is 10.2 Å². The number of urea groups is 1. The molecule has 1 aromatic rings. The normalized spacial score (nSPS) is 12.6. The van der Waals surface area contributed by atoms with Crippen LogP contribution in [0.3, 0.4) is 0 Å². The SMILES string of the molecule is O=C(O)CC[C@H](NC(=O)N[C@@H](CSCc1ccc([18F])cc1)C(=O)O)C(=O)O. The summed E-state index contributed by atoms with van der Waals surface area (Å²) in [4.78, 5) is 44.6. The average molecular weight is 401 g/mol. The van der Waals surface area contributed by atoms with Gasteiger partial charge >= 0.3 is 23.9 Å². The molecule has 0 spiro atoms. The molecule has 0 bridgehead atoms. The summed E-state index contributed by atoms with van der Waals surface area (Å²) in [5, 5.41) is 30.9. The van der Waals surface area contributed by atoms with Gasteiger partial charge in [0, 0.05) is 17.9 Å². The number of halogens is 1. The summed E-state index contributed by atoms with van der Waals surface area (Å²) in [7, 11) is 0. The van der Waals surface area contributed by atoms with Crippen molar-refractivity contribution in [3.63, 3.8) is 0 Å². The molecule has 148 valence electrons. The number of benzene rings is 1. The largest absolute Gasteiger partial charge is 0.481 e. The maximum Gasteiger partial charge on any atom is 0.327 e. The van der Waals surface area contributed by atoms with Gasteiger partial charge < -0.3 is 26.0 Å². The molecule has 11 heteroatoms. The number of carboxylic acids is 3. The zero-order valence-corrected chi connectivity index (χ0v) is 14.9. The molecule has 0 aromatic heterocycles. The van der Waals surface area contributed by atoms with E-state index in [9.17, 15) is 28.7 Å². The van der Waals surface area contributed by atoms with Crippen LogP contribution in [0.2, 0.25) is 0 Å². The highest BCUT2D eigenvalue weighted by molar-refractivity contribution is 7.98. The van der Waals surface area contributed by atoms with Gasteiger partial charge in [-0.1, -0.05) is 12.1 Å². The summed E-state index contributed by atoms with van der Waals surface area (Å²) in [5.41, 5.74) is 0.773. The molecule has 0 aliphatic carbocycles. The van der Waals surface area contributed by atoms with E-state index in [0.29, 0.717) is 5.75 Å². The molecule has 0 fully saturated rings. The van der Waals surface area contributed by atoms with Gasteiger partial charge in [-0.05, 0) is 24.1 Å². The monoisotopic (exact) mass is 401 g/mol. The first-order chi connectivity index (χ1) is 12.7.